The molecule has 110 valence electrons. The molecular formula is C11H17N5O4. The summed E-state index contributed by atoms with van der Waals surface area (Å²) in [5.74, 6) is 4.99. The van der Waals surface area contributed by atoms with Crippen molar-refractivity contribution in [3.05, 3.63) is 28.3 Å². The number of hydrazine groups is 1. The molecule has 20 heavy (non-hydrogen) atoms. The number of carbonyl (C=O) groups is 1. The number of nitrogens with one attached hydrogen (secondary N) is 3. The zero-order chi connectivity index (χ0) is 15.0. The number of methoxy groups -OCH3 is 1. The van der Waals surface area contributed by atoms with Crippen molar-refractivity contribution in [2.24, 2.45) is 5.84 Å². The number of hydrogen-bond acceptors (Lipinski definition) is 7. The summed E-state index contributed by atoms with van der Waals surface area (Å²) >= 11 is 0. The number of nitrogens with zero attached hydrogens (tertiary/aromatic N) is 1. The van der Waals surface area contributed by atoms with E-state index in [9.17, 15) is 14.9 Å². The van der Waals surface area contributed by atoms with Gasteiger partial charge in [-0.15, -0.1) is 0 Å². The van der Waals surface area contributed by atoms with E-state index in [1.165, 1.54) is 19.2 Å². The van der Waals surface area contributed by atoms with Crippen LogP contribution in [0, 0.1) is 10.1 Å². The summed E-state index contributed by atoms with van der Waals surface area (Å²) < 4.78 is 4.80. The SMILES string of the molecule is COCCNC(=O)CNc1cc(NN)cc([N+](=O)[O-])c1. The number of anilines is 2. The lowest BCUT2D eigenvalue weighted by Gasteiger charge is -2.09. The zero-order valence-electron chi connectivity index (χ0n) is 11.0. The molecule has 0 aromatic heterocycles. The van der Waals surface area contributed by atoms with Gasteiger partial charge in [-0.25, -0.2) is 0 Å². The molecule has 9 heteroatoms. The van der Waals surface area contributed by atoms with Gasteiger partial charge in [-0.2, -0.15) is 0 Å². The third-order valence-corrected chi connectivity index (χ3v) is 2.38. The van der Waals surface area contributed by atoms with Crippen LogP contribution in [0.5, 0.6) is 0 Å². The van der Waals surface area contributed by atoms with E-state index in [1.54, 1.807) is 6.07 Å². The van der Waals surface area contributed by atoms with Gasteiger partial charge in [0.2, 0.25) is 5.91 Å². The Bertz CT molecular complexity index is 480. The molecule has 0 heterocycles. The van der Waals surface area contributed by atoms with Gasteiger partial charge < -0.3 is 20.8 Å². The molecule has 0 fully saturated rings. The van der Waals surface area contributed by atoms with Gasteiger partial charge >= 0.3 is 0 Å². The minimum Gasteiger partial charge on any atom is -0.383 e. The predicted molar refractivity (Wildman–Crippen MR) is 74.3 cm³/mol. The van der Waals surface area contributed by atoms with Crippen molar-refractivity contribution >= 4 is 23.0 Å². The number of nitrogens with two attached hydrogens (primary N) is 1. The van der Waals surface area contributed by atoms with Crippen molar-refractivity contribution in [2.75, 3.05) is 37.5 Å². The van der Waals surface area contributed by atoms with Crippen LogP contribution < -0.4 is 21.9 Å². The Balaban J connectivity index is 2.60. The molecule has 0 saturated heterocycles. The van der Waals surface area contributed by atoms with Crippen molar-refractivity contribution in [1.82, 2.24) is 5.32 Å². The lowest BCUT2D eigenvalue weighted by molar-refractivity contribution is -0.384. The van der Waals surface area contributed by atoms with Crippen molar-refractivity contribution in [3.63, 3.8) is 0 Å². The summed E-state index contributed by atoms with van der Waals surface area (Å²) in [5.41, 5.74) is 3.01. The van der Waals surface area contributed by atoms with Crippen LogP contribution in [0.2, 0.25) is 0 Å². The highest BCUT2D eigenvalue weighted by atomic mass is 16.6. The Kier molecular flexibility index (Phi) is 6.20. The van der Waals surface area contributed by atoms with Crippen molar-refractivity contribution in [2.45, 2.75) is 0 Å². The lowest BCUT2D eigenvalue weighted by Crippen LogP contribution is -2.32. The molecule has 0 atom stereocenters. The van der Waals surface area contributed by atoms with Crippen LogP contribution >= 0.6 is 0 Å². The highest BCUT2D eigenvalue weighted by Crippen LogP contribution is 2.23. The maximum Gasteiger partial charge on any atom is 0.273 e. The first kappa shape index (κ1) is 15.7. The Morgan fingerprint density at radius 1 is 1.40 bits per heavy atom. The second-order valence-corrected chi connectivity index (χ2v) is 3.87. The van der Waals surface area contributed by atoms with E-state index in [4.69, 9.17) is 10.6 Å². The number of non-ortho nitro benzene ring substituents is 1. The van der Waals surface area contributed by atoms with Crippen LogP contribution in [0.15, 0.2) is 18.2 Å². The third kappa shape index (κ3) is 5.08. The van der Waals surface area contributed by atoms with Crippen molar-refractivity contribution < 1.29 is 14.5 Å². The number of hydrogen-bond donors (Lipinski definition) is 4. The minimum absolute atomic E-state index is 0.00507. The molecule has 0 saturated carbocycles. The Labute approximate surface area is 115 Å². The quantitative estimate of drug-likeness (QED) is 0.229. The van der Waals surface area contributed by atoms with E-state index in [1.807, 2.05) is 0 Å². The number of carbonyl (C=O) groups excluding carboxylic acids is 1. The first-order chi connectivity index (χ1) is 9.56. The normalized spacial score (nSPS) is 9.90. The third-order valence-electron chi connectivity index (χ3n) is 2.38. The first-order valence-corrected chi connectivity index (χ1v) is 5.82. The number of rotatable bonds is 8. The molecule has 0 spiro atoms. The van der Waals surface area contributed by atoms with E-state index >= 15 is 0 Å². The number of benzene rings is 1. The van der Waals surface area contributed by atoms with Crippen LogP contribution in [0.25, 0.3) is 0 Å². The Morgan fingerprint density at radius 2 is 2.10 bits per heavy atom. The van der Waals surface area contributed by atoms with Gasteiger partial charge in [0.1, 0.15) is 0 Å². The van der Waals surface area contributed by atoms with E-state index in [-0.39, 0.29) is 18.1 Å². The second-order valence-electron chi connectivity index (χ2n) is 3.87. The summed E-state index contributed by atoms with van der Waals surface area (Å²) in [5, 5.41) is 16.2. The smallest absolute Gasteiger partial charge is 0.273 e. The minimum atomic E-state index is -0.537. The van der Waals surface area contributed by atoms with Gasteiger partial charge in [-0.3, -0.25) is 20.8 Å². The van der Waals surface area contributed by atoms with E-state index in [0.29, 0.717) is 24.5 Å². The molecule has 1 amide bonds. The summed E-state index contributed by atoms with van der Waals surface area (Å²) in [4.78, 5) is 21.7. The topological polar surface area (TPSA) is 132 Å². The highest BCUT2D eigenvalue weighted by Gasteiger charge is 2.10. The fourth-order valence-corrected chi connectivity index (χ4v) is 1.44. The molecule has 0 radical (unpaired) electrons. The van der Waals surface area contributed by atoms with Crippen LogP contribution in [0.3, 0.4) is 0 Å². The van der Waals surface area contributed by atoms with Gasteiger partial charge in [0, 0.05) is 31.5 Å². The summed E-state index contributed by atoms with van der Waals surface area (Å²) in [6.45, 7) is 0.820. The largest absolute Gasteiger partial charge is 0.383 e. The van der Waals surface area contributed by atoms with Crippen molar-refractivity contribution in [1.29, 1.82) is 0 Å². The lowest BCUT2D eigenvalue weighted by atomic mass is 10.2. The van der Waals surface area contributed by atoms with Gasteiger partial charge in [0.15, 0.2) is 0 Å². The van der Waals surface area contributed by atoms with Gasteiger partial charge in [-0.1, -0.05) is 0 Å². The summed E-state index contributed by atoms with van der Waals surface area (Å²) in [6.07, 6.45) is 0. The van der Waals surface area contributed by atoms with Crippen LogP contribution in [0.4, 0.5) is 17.1 Å². The van der Waals surface area contributed by atoms with Crippen LogP contribution in [-0.4, -0.2) is 37.6 Å². The highest BCUT2D eigenvalue weighted by molar-refractivity contribution is 5.81. The Hall–Kier alpha value is -2.39. The molecule has 0 aliphatic heterocycles. The number of nitro benzene ring substituents is 1. The van der Waals surface area contributed by atoms with E-state index < -0.39 is 4.92 Å². The van der Waals surface area contributed by atoms with Gasteiger partial charge in [-0.05, 0) is 6.07 Å². The molecule has 1 rings (SSSR count). The monoisotopic (exact) mass is 283 g/mol. The maximum atomic E-state index is 11.5. The molecule has 1 aromatic rings. The molecule has 5 N–H and O–H groups in total. The summed E-state index contributed by atoms with van der Waals surface area (Å²) in [6, 6.07) is 4.18. The molecule has 0 bridgehead atoms. The van der Waals surface area contributed by atoms with Crippen molar-refractivity contribution in [3.8, 4) is 0 Å². The first-order valence-electron chi connectivity index (χ1n) is 5.82. The zero-order valence-corrected chi connectivity index (χ0v) is 11.0. The number of nitro groups is 1. The fraction of sp³-hybridized carbons (Fsp3) is 0.364. The second kappa shape index (κ2) is 7.92. The molecule has 1 aromatic carbocycles. The molecular weight excluding hydrogens is 266 g/mol. The van der Waals surface area contributed by atoms with Gasteiger partial charge in [0.25, 0.3) is 5.69 Å². The average molecular weight is 283 g/mol. The predicted octanol–water partition coefficient (Wildman–Crippen LogP) is 0.0549. The average Bonchev–Trinajstić information content (AvgIpc) is 2.45. The summed E-state index contributed by atoms with van der Waals surface area (Å²) in [7, 11) is 1.54. The Morgan fingerprint density at radius 3 is 2.70 bits per heavy atom. The molecule has 0 aliphatic carbocycles. The van der Waals surface area contributed by atoms with Gasteiger partial charge in [0.05, 0.1) is 23.8 Å². The number of amides is 1. The van der Waals surface area contributed by atoms with Crippen LogP contribution in [-0.2, 0) is 9.53 Å². The van der Waals surface area contributed by atoms with E-state index in [0.717, 1.165) is 0 Å². The maximum absolute atomic E-state index is 11.5. The van der Waals surface area contributed by atoms with Crippen LogP contribution in [0.1, 0.15) is 0 Å². The molecule has 0 unspecified atom stereocenters. The van der Waals surface area contributed by atoms with E-state index in [2.05, 4.69) is 16.1 Å². The fourth-order valence-electron chi connectivity index (χ4n) is 1.44. The molecule has 9 nitrogen and oxygen atoms in total. The number of nitrogen functional groups attached to an aromatic ring is 1. The molecule has 0 aliphatic rings. The standard InChI is InChI=1S/C11H17N5O4/c1-20-3-2-13-11(17)7-14-8-4-9(15-12)6-10(5-8)16(18)19/h4-6,14-15H,2-3,7,12H2,1H3,(H,13,17). The number of ether oxygens (including phenoxy) is 1.